The second kappa shape index (κ2) is 8.31. The van der Waals surface area contributed by atoms with E-state index in [2.05, 4.69) is 28.7 Å². The van der Waals surface area contributed by atoms with Crippen molar-refractivity contribution in [3.8, 4) is 5.75 Å². The van der Waals surface area contributed by atoms with E-state index in [1.165, 1.54) is 32.4 Å². The quantitative estimate of drug-likeness (QED) is 0.786. The van der Waals surface area contributed by atoms with E-state index in [1.54, 1.807) is 6.08 Å². The predicted octanol–water partition coefficient (Wildman–Crippen LogP) is 2.27. The van der Waals surface area contributed by atoms with Crippen molar-refractivity contribution < 1.29 is 9.53 Å². The predicted molar refractivity (Wildman–Crippen MR) is 95.7 cm³/mol. The highest BCUT2D eigenvalue weighted by molar-refractivity contribution is 5.97. The summed E-state index contributed by atoms with van der Waals surface area (Å²) >= 11 is 0. The van der Waals surface area contributed by atoms with Crippen molar-refractivity contribution in [2.24, 2.45) is 0 Å². The van der Waals surface area contributed by atoms with E-state index in [-0.39, 0.29) is 5.91 Å². The molecule has 3 rings (SSSR count). The molecule has 0 aliphatic carbocycles. The summed E-state index contributed by atoms with van der Waals surface area (Å²) in [5.41, 5.74) is 8.71. The molecule has 2 aliphatic rings. The monoisotopic (exact) mass is 329 g/mol. The van der Waals surface area contributed by atoms with Gasteiger partial charge in [0, 0.05) is 19.2 Å². The van der Waals surface area contributed by atoms with Crippen LogP contribution in [0.15, 0.2) is 24.3 Å². The lowest BCUT2D eigenvalue weighted by atomic mass is 9.99. The smallest absolute Gasteiger partial charge is 0.258 e. The van der Waals surface area contributed by atoms with Gasteiger partial charge in [-0.25, -0.2) is 5.43 Å². The molecule has 1 amide bonds. The molecule has 0 unspecified atom stereocenters. The summed E-state index contributed by atoms with van der Waals surface area (Å²) < 4.78 is 5.90. The summed E-state index contributed by atoms with van der Waals surface area (Å²) in [5.74, 6) is 0.803. The number of rotatable bonds is 6. The standard InChI is InChI=1S/C19H27N3O2/c1-15-12-17(24-11-5-10-22-8-3-2-4-9-22)6-7-18(15)16-13-19(23)21-20-14-16/h6-7,12-13,20H,2-5,8-11,14H2,1H3,(H,21,23). The molecule has 2 aliphatic heterocycles. The zero-order valence-electron chi connectivity index (χ0n) is 14.4. The third-order valence-corrected chi connectivity index (χ3v) is 4.68. The second-order valence-electron chi connectivity index (χ2n) is 6.59. The minimum Gasteiger partial charge on any atom is -0.494 e. The summed E-state index contributed by atoms with van der Waals surface area (Å²) in [6.07, 6.45) is 6.77. The largest absolute Gasteiger partial charge is 0.494 e. The van der Waals surface area contributed by atoms with Crippen molar-refractivity contribution >= 4 is 11.5 Å². The number of benzene rings is 1. The normalized spacial score (nSPS) is 18.9. The van der Waals surface area contributed by atoms with Gasteiger partial charge < -0.3 is 9.64 Å². The first-order valence-electron chi connectivity index (χ1n) is 8.92. The lowest BCUT2D eigenvalue weighted by molar-refractivity contribution is -0.117. The Morgan fingerprint density at radius 2 is 2.04 bits per heavy atom. The van der Waals surface area contributed by atoms with Crippen LogP contribution in [0.25, 0.3) is 5.57 Å². The van der Waals surface area contributed by atoms with Crippen molar-refractivity contribution in [3.05, 3.63) is 35.4 Å². The van der Waals surface area contributed by atoms with Gasteiger partial charge in [-0.05, 0) is 68.1 Å². The number of nitrogens with one attached hydrogen (secondary N) is 2. The average molecular weight is 329 g/mol. The number of hydrazine groups is 1. The number of amides is 1. The van der Waals surface area contributed by atoms with Gasteiger partial charge in [0.25, 0.3) is 5.91 Å². The van der Waals surface area contributed by atoms with E-state index in [1.807, 2.05) is 12.1 Å². The summed E-state index contributed by atoms with van der Waals surface area (Å²) in [4.78, 5) is 14.0. The molecule has 0 aromatic heterocycles. The minimum atomic E-state index is -0.103. The Labute approximate surface area is 144 Å². The maximum atomic E-state index is 11.5. The van der Waals surface area contributed by atoms with Gasteiger partial charge in [0.05, 0.1) is 6.61 Å². The molecule has 0 radical (unpaired) electrons. The molecule has 1 aromatic carbocycles. The maximum Gasteiger partial charge on any atom is 0.258 e. The van der Waals surface area contributed by atoms with Crippen LogP contribution in [-0.4, -0.2) is 43.6 Å². The summed E-state index contributed by atoms with van der Waals surface area (Å²) in [5, 5.41) is 0. The van der Waals surface area contributed by atoms with Gasteiger partial charge in [-0.15, -0.1) is 0 Å². The number of ether oxygens (including phenoxy) is 1. The van der Waals surface area contributed by atoms with Crippen LogP contribution in [0.2, 0.25) is 0 Å². The van der Waals surface area contributed by atoms with Gasteiger partial charge >= 0.3 is 0 Å². The van der Waals surface area contributed by atoms with Gasteiger partial charge in [0.1, 0.15) is 5.75 Å². The first kappa shape index (κ1) is 17.0. The topological polar surface area (TPSA) is 53.6 Å². The van der Waals surface area contributed by atoms with Gasteiger partial charge in [-0.1, -0.05) is 12.5 Å². The van der Waals surface area contributed by atoms with Crippen LogP contribution in [0, 0.1) is 6.92 Å². The molecule has 24 heavy (non-hydrogen) atoms. The Kier molecular flexibility index (Phi) is 5.88. The fraction of sp³-hybridized carbons (Fsp3) is 0.526. The van der Waals surface area contributed by atoms with Crippen molar-refractivity contribution in [1.82, 2.24) is 15.8 Å². The molecule has 0 atom stereocenters. The lowest BCUT2D eigenvalue weighted by Gasteiger charge is -2.26. The van der Waals surface area contributed by atoms with Crippen LogP contribution in [0.1, 0.15) is 36.8 Å². The molecule has 5 nitrogen and oxygen atoms in total. The Morgan fingerprint density at radius 3 is 2.79 bits per heavy atom. The Bertz CT molecular complexity index is 607. The van der Waals surface area contributed by atoms with Crippen LogP contribution in [0.3, 0.4) is 0 Å². The zero-order chi connectivity index (χ0) is 16.8. The fourth-order valence-electron chi connectivity index (χ4n) is 3.39. The number of hydrogen-bond donors (Lipinski definition) is 2. The average Bonchev–Trinajstić information content (AvgIpc) is 2.60. The highest BCUT2D eigenvalue weighted by Gasteiger charge is 2.13. The molecule has 2 heterocycles. The summed E-state index contributed by atoms with van der Waals surface area (Å²) in [6, 6.07) is 6.10. The van der Waals surface area contributed by atoms with Crippen LogP contribution < -0.4 is 15.6 Å². The van der Waals surface area contributed by atoms with Crippen LogP contribution in [0.4, 0.5) is 0 Å². The fourth-order valence-corrected chi connectivity index (χ4v) is 3.39. The Balaban J connectivity index is 1.50. The van der Waals surface area contributed by atoms with E-state index < -0.39 is 0 Å². The molecule has 1 aromatic rings. The molecule has 5 heteroatoms. The molecule has 130 valence electrons. The maximum absolute atomic E-state index is 11.5. The molecule has 0 bridgehead atoms. The first-order valence-corrected chi connectivity index (χ1v) is 8.92. The highest BCUT2D eigenvalue weighted by Crippen LogP contribution is 2.24. The number of hydrogen-bond acceptors (Lipinski definition) is 4. The number of carbonyl (C=O) groups excluding carboxylic acids is 1. The number of piperidine rings is 1. The molecule has 1 saturated heterocycles. The van der Waals surface area contributed by atoms with Crippen molar-refractivity contribution in [2.45, 2.75) is 32.6 Å². The molecule has 2 N–H and O–H groups in total. The van der Waals surface area contributed by atoms with Crippen LogP contribution in [0.5, 0.6) is 5.75 Å². The molecular weight excluding hydrogens is 302 g/mol. The van der Waals surface area contributed by atoms with Gasteiger partial charge in [0.2, 0.25) is 0 Å². The molecule has 1 fully saturated rings. The zero-order valence-corrected chi connectivity index (χ0v) is 14.4. The SMILES string of the molecule is Cc1cc(OCCCN2CCCCC2)ccc1C1=CC(=O)NNC1. The molecule has 0 spiro atoms. The number of nitrogens with zero attached hydrogens (tertiary/aromatic N) is 1. The highest BCUT2D eigenvalue weighted by atomic mass is 16.5. The van der Waals surface area contributed by atoms with E-state index in [0.717, 1.165) is 42.0 Å². The molecule has 0 saturated carbocycles. The van der Waals surface area contributed by atoms with Gasteiger partial charge in [-0.3, -0.25) is 10.2 Å². The van der Waals surface area contributed by atoms with E-state index in [9.17, 15) is 4.79 Å². The van der Waals surface area contributed by atoms with Crippen LogP contribution >= 0.6 is 0 Å². The van der Waals surface area contributed by atoms with Gasteiger partial charge in [0.15, 0.2) is 0 Å². The summed E-state index contributed by atoms with van der Waals surface area (Å²) in [6.45, 7) is 7.06. The Morgan fingerprint density at radius 1 is 1.21 bits per heavy atom. The van der Waals surface area contributed by atoms with E-state index in [4.69, 9.17) is 4.74 Å². The number of carbonyl (C=O) groups is 1. The van der Waals surface area contributed by atoms with Crippen molar-refractivity contribution in [3.63, 3.8) is 0 Å². The number of aryl methyl sites for hydroxylation is 1. The Hall–Kier alpha value is -1.85. The molecular formula is C19H27N3O2. The minimum absolute atomic E-state index is 0.103. The van der Waals surface area contributed by atoms with E-state index >= 15 is 0 Å². The third-order valence-electron chi connectivity index (χ3n) is 4.68. The lowest BCUT2D eigenvalue weighted by Crippen LogP contribution is -2.41. The third kappa shape index (κ3) is 4.58. The van der Waals surface area contributed by atoms with Gasteiger partial charge in [-0.2, -0.15) is 0 Å². The van der Waals surface area contributed by atoms with Crippen molar-refractivity contribution in [1.29, 1.82) is 0 Å². The first-order chi connectivity index (χ1) is 11.7. The van der Waals surface area contributed by atoms with E-state index in [0.29, 0.717) is 6.54 Å². The van der Waals surface area contributed by atoms with Crippen molar-refractivity contribution in [2.75, 3.05) is 32.8 Å². The number of likely N-dealkylation sites (tertiary alicyclic amines) is 1. The second-order valence-corrected chi connectivity index (χ2v) is 6.59. The van der Waals surface area contributed by atoms with Crippen LogP contribution in [-0.2, 0) is 4.79 Å². The summed E-state index contributed by atoms with van der Waals surface area (Å²) in [7, 11) is 0.